The Morgan fingerprint density at radius 1 is 1.47 bits per heavy atom. The summed E-state index contributed by atoms with van der Waals surface area (Å²) in [6.07, 6.45) is 1.57. The Kier molecular flexibility index (Phi) is 2.84. The summed E-state index contributed by atoms with van der Waals surface area (Å²) in [5.74, 6) is -0.762. The molecule has 2 rings (SSSR count). The van der Waals surface area contributed by atoms with E-state index in [0.29, 0.717) is 0 Å². The minimum Gasteiger partial charge on any atom is -0.278 e. The highest BCUT2D eigenvalue weighted by molar-refractivity contribution is 7.90. The lowest BCUT2D eigenvalue weighted by molar-refractivity contribution is 0.0981. The Balaban J connectivity index is 2.30. The molecule has 0 saturated heterocycles. The first kappa shape index (κ1) is 11.6. The van der Waals surface area contributed by atoms with E-state index in [0.717, 1.165) is 10.9 Å². The minimum absolute atomic E-state index is 0.132. The molecule has 0 aliphatic carbocycles. The normalized spacial score (nSPS) is 11.6. The number of aromatic nitrogens is 2. The molecule has 0 atom stereocenters. The van der Waals surface area contributed by atoms with Crippen molar-refractivity contribution in [1.29, 1.82) is 0 Å². The monoisotopic (exact) mass is 253 g/mol. The van der Waals surface area contributed by atoms with Crippen LogP contribution < -0.4 is 4.72 Å². The van der Waals surface area contributed by atoms with Gasteiger partial charge in [0.1, 0.15) is 0 Å². The van der Waals surface area contributed by atoms with Gasteiger partial charge in [0.15, 0.2) is 0 Å². The number of hydrogen-bond acceptors (Lipinski definition) is 4. The fraction of sp³-hybridized carbons (Fsp3) is 0.200. The Hall–Kier alpha value is -1.89. The van der Waals surface area contributed by atoms with E-state index in [9.17, 15) is 13.2 Å². The standard InChI is InChI=1S/C10H11N3O3S/c1-2-17(15,16)13-10(14)7-3-4-9-8(5-7)6-11-12-9/h3-6H,2H2,1H3,(H,11,12)(H,13,14). The van der Waals surface area contributed by atoms with Crippen molar-refractivity contribution in [3.05, 3.63) is 30.0 Å². The lowest BCUT2D eigenvalue weighted by Gasteiger charge is -2.04. The molecule has 1 heterocycles. The first-order valence-electron chi connectivity index (χ1n) is 5.00. The number of H-pyrrole nitrogens is 1. The molecule has 0 radical (unpaired) electrons. The number of aromatic amines is 1. The van der Waals surface area contributed by atoms with Crippen LogP contribution >= 0.6 is 0 Å². The second-order valence-corrected chi connectivity index (χ2v) is 5.52. The van der Waals surface area contributed by atoms with Gasteiger partial charge in [-0.1, -0.05) is 0 Å². The van der Waals surface area contributed by atoms with Gasteiger partial charge >= 0.3 is 0 Å². The van der Waals surface area contributed by atoms with Crippen LogP contribution in [0.3, 0.4) is 0 Å². The molecule has 0 spiro atoms. The number of benzene rings is 1. The largest absolute Gasteiger partial charge is 0.278 e. The molecule has 0 aliphatic heterocycles. The Morgan fingerprint density at radius 2 is 2.24 bits per heavy atom. The van der Waals surface area contributed by atoms with Crippen molar-refractivity contribution >= 4 is 26.8 Å². The molecule has 1 aromatic carbocycles. The first-order valence-corrected chi connectivity index (χ1v) is 6.65. The van der Waals surface area contributed by atoms with E-state index in [-0.39, 0.29) is 11.3 Å². The topological polar surface area (TPSA) is 91.9 Å². The summed E-state index contributed by atoms with van der Waals surface area (Å²) in [5.41, 5.74) is 1.08. The van der Waals surface area contributed by atoms with Gasteiger partial charge in [-0.15, -0.1) is 0 Å². The van der Waals surface area contributed by atoms with Gasteiger partial charge in [-0.25, -0.2) is 13.1 Å². The summed E-state index contributed by atoms with van der Waals surface area (Å²) in [6, 6.07) is 4.80. The van der Waals surface area contributed by atoms with Crippen LogP contribution in [-0.2, 0) is 10.0 Å². The molecule has 17 heavy (non-hydrogen) atoms. The average Bonchev–Trinajstić information content (AvgIpc) is 2.75. The highest BCUT2D eigenvalue weighted by Crippen LogP contribution is 2.12. The van der Waals surface area contributed by atoms with Crippen LogP contribution in [0.5, 0.6) is 0 Å². The fourth-order valence-corrected chi connectivity index (χ4v) is 1.90. The van der Waals surface area contributed by atoms with Crippen molar-refractivity contribution in [2.24, 2.45) is 0 Å². The number of rotatable bonds is 3. The van der Waals surface area contributed by atoms with Gasteiger partial charge < -0.3 is 0 Å². The SMILES string of the molecule is CCS(=O)(=O)NC(=O)c1ccc2[nH]ncc2c1. The summed E-state index contributed by atoms with van der Waals surface area (Å²) in [7, 11) is -3.53. The van der Waals surface area contributed by atoms with E-state index < -0.39 is 15.9 Å². The molecule has 0 unspecified atom stereocenters. The van der Waals surface area contributed by atoms with Gasteiger partial charge in [0.05, 0.1) is 17.5 Å². The number of nitrogens with one attached hydrogen (secondary N) is 2. The van der Waals surface area contributed by atoms with E-state index in [1.807, 2.05) is 4.72 Å². The molecule has 0 aliphatic rings. The maximum atomic E-state index is 11.7. The Bertz CT molecular complexity index is 660. The number of sulfonamides is 1. The first-order chi connectivity index (χ1) is 8.02. The van der Waals surface area contributed by atoms with Crippen molar-refractivity contribution in [3.63, 3.8) is 0 Å². The second-order valence-electron chi connectivity index (χ2n) is 3.51. The zero-order valence-electron chi connectivity index (χ0n) is 9.10. The molecule has 0 bridgehead atoms. The Labute approximate surface area is 98.1 Å². The number of carbonyl (C=O) groups is 1. The number of hydrogen-bond donors (Lipinski definition) is 2. The summed E-state index contributed by atoms with van der Waals surface area (Å²) >= 11 is 0. The van der Waals surface area contributed by atoms with Crippen molar-refractivity contribution in [1.82, 2.24) is 14.9 Å². The molecular formula is C10H11N3O3S. The van der Waals surface area contributed by atoms with E-state index in [2.05, 4.69) is 10.2 Å². The second kappa shape index (κ2) is 4.17. The van der Waals surface area contributed by atoms with Crippen LogP contribution in [0, 0.1) is 0 Å². The third-order valence-electron chi connectivity index (χ3n) is 2.33. The fourth-order valence-electron chi connectivity index (χ4n) is 1.36. The van der Waals surface area contributed by atoms with Gasteiger partial charge in [-0.3, -0.25) is 9.89 Å². The number of fused-ring (bicyclic) bond motifs is 1. The van der Waals surface area contributed by atoms with Crippen LogP contribution in [0.25, 0.3) is 10.9 Å². The summed E-state index contributed by atoms with van der Waals surface area (Å²) in [4.78, 5) is 11.7. The van der Waals surface area contributed by atoms with Crippen molar-refractivity contribution in [2.75, 3.05) is 5.75 Å². The molecule has 2 aromatic rings. The summed E-state index contributed by atoms with van der Waals surface area (Å²) < 4.78 is 24.5. The third kappa shape index (κ3) is 2.44. The van der Waals surface area contributed by atoms with Crippen LogP contribution in [0.2, 0.25) is 0 Å². The van der Waals surface area contributed by atoms with Crippen LogP contribution in [0.15, 0.2) is 24.4 Å². The predicted molar refractivity (Wildman–Crippen MR) is 63.0 cm³/mol. The minimum atomic E-state index is -3.53. The number of carbonyl (C=O) groups excluding carboxylic acids is 1. The average molecular weight is 253 g/mol. The van der Waals surface area contributed by atoms with Crippen LogP contribution in [0.4, 0.5) is 0 Å². The number of nitrogens with zero attached hydrogens (tertiary/aromatic N) is 1. The van der Waals surface area contributed by atoms with E-state index in [1.165, 1.54) is 6.92 Å². The van der Waals surface area contributed by atoms with Gasteiger partial charge in [-0.2, -0.15) is 5.10 Å². The predicted octanol–water partition coefficient (Wildman–Crippen LogP) is 0.642. The zero-order chi connectivity index (χ0) is 12.5. The van der Waals surface area contributed by atoms with Gasteiger partial charge in [0.2, 0.25) is 10.0 Å². The summed E-state index contributed by atoms with van der Waals surface area (Å²) in [6.45, 7) is 1.47. The maximum absolute atomic E-state index is 11.7. The number of amides is 1. The lowest BCUT2D eigenvalue weighted by Crippen LogP contribution is -2.31. The van der Waals surface area contributed by atoms with Gasteiger partial charge in [0, 0.05) is 10.9 Å². The quantitative estimate of drug-likeness (QED) is 0.839. The maximum Gasteiger partial charge on any atom is 0.264 e. The van der Waals surface area contributed by atoms with Crippen molar-refractivity contribution in [2.45, 2.75) is 6.92 Å². The lowest BCUT2D eigenvalue weighted by atomic mass is 10.1. The highest BCUT2D eigenvalue weighted by atomic mass is 32.2. The molecule has 0 fully saturated rings. The molecule has 1 amide bonds. The zero-order valence-corrected chi connectivity index (χ0v) is 9.91. The third-order valence-corrected chi connectivity index (χ3v) is 3.59. The van der Waals surface area contributed by atoms with Gasteiger partial charge in [0.25, 0.3) is 5.91 Å². The van der Waals surface area contributed by atoms with E-state index in [1.54, 1.807) is 24.4 Å². The molecule has 6 nitrogen and oxygen atoms in total. The molecule has 0 saturated carbocycles. The van der Waals surface area contributed by atoms with E-state index in [4.69, 9.17) is 0 Å². The van der Waals surface area contributed by atoms with Crippen LogP contribution in [0.1, 0.15) is 17.3 Å². The summed E-state index contributed by atoms with van der Waals surface area (Å²) in [5, 5.41) is 7.32. The van der Waals surface area contributed by atoms with E-state index >= 15 is 0 Å². The smallest absolute Gasteiger partial charge is 0.264 e. The van der Waals surface area contributed by atoms with Crippen molar-refractivity contribution in [3.8, 4) is 0 Å². The molecule has 90 valence electrons. The van der Waals surface area contributed by atoms with Crippen molar-refractivity contribution < 1.29 is 13.2 Å². The van der Waals surface area contributed by atoms with Gasteiger partial charge in [-0.05, 0) is 25.1 Å². The molecule has 1 aromatic heterocycles. The molecule has 2 N–H and O–H groups in total. The highest BCUT2D eigenvalue weighted by Gasteiger charge is 2.14. The van der Waals surface area contributed by atoms with Crippen LogP contribution in [-0.4, -0.2) is 30.3 Å². The Morgan fingerprint density at radius 3 is 2.94 bits per heavy atom. The molecular weight excluding hydrogens is 242 g/mol. The molecule has 7 heteroatoms.